The zero-order valence-electron chi connectivity index (χ0n) is 7.54. The van der Waals surface area contributed by atoms with E-state index in [1.807, 2.05) is 5.32 Å². The van der Waals surface area contributed by atoms with Crippen LogP contribution in [-0.2, 0) is 14.3 Å². The molecule has 0 aromatic rings. The quantitative estimate of drug-likeness (QED) is 0.298. The summed E-state index contributed by atoms with van der Waals surface area (Å²) in [7, 11) is 0. The molecule has 0 aromatic heterocycles. The van der Waals surface area contributed by atoms with Gasteiger partial charge in [-0.2, -0.15) is 6.61 Å². The Labute approximate surface area is 109 Å². The maximum absolute atomic E-state index is 10.6. The van der Waals surface area contributed by atoms with Crippen LogP contribution in [0.2, 0.25) is 0 Å². The number of carbonyl (C=O) groups excluding carboxylic acids is 2. The number of carboxylic acid groups (broad SMARTS) is 1. The van der Waals surface area contributed by atoms with Crippen molar-refractivity contribution >= 4 is 11.9 Å². The minimum absolute atomic E-state index is 0. The van der Waals surface area contributed by atoms with Crippen LogP contribution in [0.15, 0.2) is 0 Å². The van der Waals surface area contributed by atoms with Gasteiger partial charge < -0.3 is 30.2 Å². The molecule has 0 spiro atoms. The van der Waals surface area contributed by atoms with Gasteiger partial charge in [-0.05, 0) is 6.04 Å². The molecular weight excluding hydrogens is 432 g/mol. The van der Waals surface area contributed by atoms with Crippen molar-refractivity contribution in [3.05, 3.63) is 6.61 Å². The Kier molecular flexibility index (Phi) is 6.40. The third-order valence-corrected chi connectivity index (χ3v) is 1.81. The molecule has 15 heavy (non-hydrogen) atoms. The molecule has 0 bridgehead atoms. The normalized spacial score (nSPS) is 29.3. The Morgan fingerprint density at radius 1 is 1.53 bits per heavy atom. The van der Waals surface area contributed by atoms with Crippen molar-refractivity contribution in [3.63, 3.8) is 0 Å². The van der Waals surface area contributed by atoms with Gasteiger partial charge in [-0.15, -0.1) is 0 Å². The van der Waals surface area contributed by atoms with Gasteiger partial charge in [0.15, 0.2) is 0 Å². The zero-order valence-corrected chi connectivity index (χ0v) is 11.7. The monoisotopic (exact) mass is 441 g/mol. The van der Waals surface area contributed by atoms with Crippen LogP contribution in [0.4, 0.5) is 0 Å². The molecule has 0 aliphatic carbocycles. The first-order chi connectivity index (χ1) is 6.56. The molecule has 7 nitrogen and oxygen atoms in total. The fourth-order valence-corrected chi connectivity index (χ4v) is 1.06. The first-order valence-corrected chi connectivity index (χ1v) is 3.86. The number of nitrogens with one attached hydrogen (secondary N) is 1. The fraction of sp³-hybridized carbons (Fsp3) is 0.571. The average molecular weight is 441 g/mol. The van der Waals surface area contributed by atoms with E-state index in [1.165, 1.54) is 0 Å². The maximum Gasteiger partial charge on any atom is 2.00 e. The van der Waals surface area contributed by atoms with Gasteiger partial charge in [0.25, 0.3) is 5.91 Å². The van der Waals surface area contributed by atoms with Gasteiger partial charge in [-0.1, -0.05) is 0 Å². The minimum Gasteiger partial charge on any atom is -0.544 e. The average Bonchev–Trinajstić information content (AvgIpc) is 2.47. The fourth-order valence-electron chi connectivity index (χ4n) is 1.06. The first-order valence-electron chi connectivity index (χ1n) is 3.86. The second-order valence-electron chi connectivity index (χ2n) is 2.77. The van der Waals surface area contributed by atoms with Gasteiger partial charge in [0.2, 0.25) is 0 Å². The van der Waals surface area contributed by atoms with Gasteiger partial charge in [0.1, 0.15) is 5.97 Å². The Morgan fingerprint density at radius 3 is 2.53 bits per heavy atom. The van der Waals surface area contributed by atoms with Crippen molar-refractivity contribution in [1.82, 2.24) is 5.32 Å². The predicted molar refractivity (Wildman–Crippen MR) is 39.2 cm³/mol. The van der Waals surface area contributed by atoms with Crippen LogP contribution >= 0.6 is 0 Å². The molecule has 1 rings (SSSR count). The summed E-state index contributed by atoms with van der Waals surface area (Å²) in [4.78, 5) is 20.7. The molecule has 3 atom stereocenters. The molecule has 3 unspecified atom stereocenters. The van der Waals surface area contributed by atoms with E-state index in [-0.39, 0.29) is 31.1 Å². The van der Waals surface area contributed by atoms with E-state index in [2.05, 4.69) is 0 Å². The summed E-state index contributed by atoms with van der Waals surface area (Å²) < 4.78 is 4.75. The number of amides is 1. The number of hydrogen-bond donors (Lipinski definition) is 3. The van der Waals surface area contributed by atoms with E-state index in [4.69, 9.17) is 9.84 Å². The summed E-state index contributed by atoms with van der Waals surface area (Å²) in [6.07, 6.45) is -2.01. The standard InChI is InChI=1S/C7H10NO6.U/c9-1-4-5(10)3(2-14-4)8-6(11)7(12)13;/h2-5,9-10H,1H2,(H,8,11)(H,12,13);/q-1;+2/p-1. The molecule has 0 radical (unpaired) electrons. The molecule has 0 saturated carbocycles. The largest absolute Gasteiger partial charge is 2.00 e. The summed E-state index contributed by atoms with van der Waals surface area (Å²) in [5.41, 5.74) is 0. The van der Waals surface area contributed by atoms with Gasteiger partial charge in [0, 0.05) is 0 Å². The SMILES string of the molecule is O=C([O-])C(=O)NC1[CH-]OC(CO)C1O.[U+2]. The second-order valence-corrected chi connectivity index (χ2v) is 2.77. The molecule has 1 heterocycles. The van der Waals surface area contributed by atoms with Crippen LogP contribution in [0.25, 0.3) is 0 Å². The third kappa shape index (κ3) is 3.74. The van der Waals surface area contributed by atoms with Crippen LogP contribution in [0.3, 0.4) is 0 Å². The van der Waals surface area contributed by atoms with E-state index >= 15 is 0 Å². The van der Waals surface area contributed by atoms with Crippen LogP contribution in [0, 0.1) is 37.7 Å². The van der Waals surface area contributed by atoms with Crippen molar-refractivity contribution in [3.8, 4) is 0 Å². The maximum atomic E-state index is 10.6. The van der Waals surface area contributed by atoms with E-state index < -0.39 is 36.7 Å². The van der Waals surface area contributed by atoms with Gasteiger partial charge in [0.05, 0.1) is 18.8 Å². The number of rotatable bonds is 2. The van der Waals surface area contributed by atoms with Gasteiger partial charge >= 0.3 is 31.1 Å². The molecule has 1 aliphatic heterocycles. The minimum atomic E-state index is -1.89. The smallest absolute Gasteiger partial charge is 0.544 e. The number of ether oxygens (including phenoxy) is 1. The van der Waals surface area contributed by atoms with Crippen LogP contribution in [0.1, 0.15) is 0 Å². The number of carbonyl (C=O) groups is 2. The predicted octanol–water partition coefficient (Wildman–Crippen LogP) is -3.87. The molecule has 1 fully saturated rings. The molecule has 8 heteroatoms. The van der Waals surface area contributed by atoms with Crippen molar-refractivity contribution < 1.29 is 60.8 Å². The molecule has 0 aromatic carbocycles. The molecule has 1 aliphatic rings. The Hall–Kier alpha value is -0.128. The summed E-state index contributed by atoms with van der Waals surface area (Å²) in [6, 6.07) is -0.947. The molecular formula is C7H9NO6U. The van der Waals surface area contributed by atoms with Crippen LogP contribution in [-0.4, -0.2) is 46.9 Å². The summed E-state index contributed by atoms with van der Waals surface area (Å²) in [6.45, 7) is 0.641. The summed E-state index contributed by atoms with van der Waals surface area (Å²) in [5, 5.41) is 30.0. The number of carboxylic acids is 1. The zero-order chi connectivity index (χ0) is 10.7. The summed E-state index contributed by atoms with van der Waals surface area (Å²) in [5.74, 6) is -3.23. The van der Waals surface area contributed by atoms with E-state index in [0.717, 1.165) is 6.61 Å². The Balaban J connectivity index is 0.00000196. The summed E-state index contributed by atoms with van der Waals surface area (Å²) >= 11 is 0. The van der Waals surface area contributed by atoms with Crippen LogP contribution < -0.4 is 10.4 Å². The third-order valence-electron chi connectivity index (χ3n) is 1.81. The Bertz CT molecular complexity index is 248. The second kappa shape index (κ2) is 6.45. The number of aliphatic hydroxyl groups excluding tert-OH is 2. The molecule has 3 N–H and O–H groups in total. The van der Waals surface area contributed by atoms with Crippen molar-refractivity contribution in [2.75, 3.05) is 6.61 Å². The molecule has 82 valence electrons. The topological polar surface area (TPSA) is 119 Å². The van der Waals surface area contributed by atoms with E-state index in [9.17, 15) is 19.8 Å². The molecule has 1 amide bonds. The number of aliphatic hydroxyl groups is 2. The van der Waals surface area contributed by atoms with Gasteiger partial charge in [-0.3, -0.25) is 4.79 Å². The molecule has 1 saturated heterocycles. The van der Waals surface area contributed by atoms with Crippen LogP contribution in [0.5, 0.6) is 0 Å². The van der Waals surface area contributed by atoms with Crippen molar-refractivity contribution in [2.45, 2.75) is 18.2 Å². The number of hydrogen-bond acceptors (Lipinski definition) is 6. The number of aliphatic carboxylic acids is 1. The van der Waals surface area contributed by atoms with E-state index in [0.29, 0.717) is 0 Å². The van der Waals surface area contributed by atoms with E-state index in [1.54, 1.807) is 0 Å². The Morgan fingerprint density at radius 2 is 2.13 bits per heavy atom. The first kappa shape index (κ1) is 14.9. The van der Waals surface area contributed by atoms with Crippen molar-refractivity contribution in [1.29, 1.82) is 0 Å². The van der Waals surface area contributed by atoms with Gasteiger partial charge in [-0.25, -0.2) is 0 Å². The van der Waals surface area contributed by atoms with Crippen molar-refractivity contribution in [2.24, 2.45) is 0 Å².